The van der Waals surface area contributed by atoms with Crippen LogP contribution in [0.15, 0.2) is 30.3 Å². The molecule has 0 atom stereocenters. The van der Waals surface area contributed by atoms with Gasteiger partial charge in [0.1, 0.15) is 5.82 Å². The Morgan fingerprint density at radius 3 is 2.75 bits per heavy atom. The first-order valence-corrected chi connectivity index (χ1v) is 6.97. The molecular weight excluding hydrogens is 250 g/mol. The standard InChI is InChI=1S/C16H21N3O/c1-11(2)8-9-18-16(20)13-10-15(17-3)19-14-7-5-4-6-12(13)14/h4-7,10-11H,8-9H2,1-3H3,(H,17,19)(H,18,20). The number of hydrogen-bond donors (Lipinski definition) is 2. The van der Waals surface area contributed by atoms with Crippen molar-refractivity contribution < 1.29 is 4.79 Å². The number of anilines is 1. The Balaban J connectivity index is 2.29. The van der Waals surface area contributed by atoms with Gasteiger partial charge in [0, 0.05) is 19.0 Å². The summed E-state index contributed by atoms with van der Waals surface area (Å²) in [5.74, 6) is 1.25. The number of para-hydroxylation sites is 1. The SMILES string of the molecule is CNc1cc(C(=O)NCCC(C)C)c2ccccc2n1. The van der Waals surface area contributed by atoms with E-state index in [1.165, 1.54) is 0 Å². The molecule has 0 aliphatic rings. The third-order valence-electron chi connectivity index (χ3n) is 3.22. The Bertz CT molecular complexity index is 608. The van der Waals surface area contributed by atoms with Gasteiger partial charge in [0.15, 0.2) is 0 Å². The maximum atomic E-state index is 12.3. The van der Waals surface area contributed by atoms with E-state index in [1.807, 2.05) is 24.3 Å². The zero-order chi connectivity index (χ0) is 14.5. The fourth-order valence-corrected chi connectivity index (χ4v) is 2.06. The van der Waals surface area contributed by atoms with Crippen molar-refractivity contribution in [3.05, 3.63) is 35.9 Å². The first-order chi connectivity index (χ1) is 9.61. The van der Waals surface area contributed by atoms with E-state index in [0.29, 0.717) is 23.8 Å². The van der Waals surface area contributed by atoms with Gasteiger partial charge in [0.2, 0.25) is 0 Å². The number of rotatable bonds is 5. The maximum Gasteiger partial charge on any atom is 0.252 e. The van der Waals surface area contributed by atoms with E-state index in [2.05, 4.69) is 29.5 Å². The maximum absolute atomic E-state index is 12.3. The van der Waals surface area contributed by atoms with Gasteiger partial charge < -0.3 is 10.6 Å². The van der Waals surface area contributed by atoms with Crippen molar-refractivity contribution in [3.63, 3.8) is 0 Å². The lowest BCUT2D eigenvalue weighted by Crippen LogP contribution is -2.25. The van der Waals surface area contributed by atoms with Crippen LogP contribution in [0.25, 0.3) is 10.9 Å². The predicted molar refractivity (Wildman–Crippen MR) is 83.1 cm³/mol. The quantitative estimate of drug-likeness (QED) is 0.878. The van der Waals surface area contributed by atoms with Crippen molar-refractivity contribution >= 4 is 22.6 Å². The van der Waals surface area contributed by atoms with Gasteiger partial charge in [-0.25, -0.2) is 4.98 Å². The summed E-state index contributed by atoms with van der Waals surface area (Å²) in [6, 6.07) is 9.50. The van der Waals surface area contributed by atoms with E-state index in [4.69, 9.17) is 0 Å². The van der Waals surface area contributed by atoms with Crippen molar-refractivity contribution in [2.45, 2.75) is 20.3 Å². The molecule has 1 aromatic heterocycles. The number of carbonyl (C=O) groups excluding carboxylic acids is 1. The van der Waals surface area contributed by atoms with Crippen LogP contribution in [0.1, 0.15) is 30.6 Å². The molecule has 4 heteroatoms. The van der Waals surface area contributed by atoms with Crippen LogP contribution >= 0.6 is 0 Å². The van der Waals surface area contributed by atoms with E-state index in [0.717, 1.165) is 17.3 Å². The minimum Gasteiger partial charge on any atom is -0.373 e. The molecule has 0 radical (unpaired) electrons. The number of nitrogens with zero attached hydrogens (tertiary/aromatic N) is 1. The molecule has 0 aliphatic heterocycles. The van der Waals surface area contributed by atoms with Crippen molar-refractivity contribution in [3.8, 4) is 0 Å². The summed E-state index contributed by atoms with van der Waals surface area (Å²) < 4.78 is 0. The Kier molecular flexibility index (Phi) is 4.56. The molecule has 106 valence electrons. The van der Waals surface area contributed by atoms with E-state index >= 15 is 0 Å². The van der Waals surface area contributed by atoms with Crippen LogP contribution in [-0.2, 0) is 0 Å². The van der Waals surface area contributed by atoms with Gasteiger partial charge in [-0.15, -0.1) is 0 Å². The average Bonchev–Trinajstić information content (AvgIpc) is 2.45. The smallest absolute Gasteiger partial charge is 0.252 e. The highest BCUT2D eigenvalue weighted by Gasteiger charge is 2.12. The van der Waals surface area contributed by atoms with Gasteiger partial charge in [-0.05, 0) is 24.5 Å². The lowest BCUT2D eigenvalue weighted by molar-refractivity contribution is 0.0953. The summed E-state index contributed by atoms with van der Waals surface area (Å²) in [6.45, 7) is 4.99. The summed E-state index contributed by atoms with van der Waals surface area (Å²) >= 11 is 0. The van der Waals surface area contributed by atoms with Gasteiger partial charge >= 0.3 is 0 Å². The molecular formula is C16H21N3O. The number of aromatic nitrogens is 1. The topological polar surface area (TPSA) is 54.0 Å². The van der Waals surface area contributed by atoms with Crippen molar-refractivity contribution in [2.24, 2.45) is 5.92 Å². The van der Waals surface area contributed by atoms with Gasteiger partial charge in [-0.2, -0.15) is 0 Å². The molecule has 2 rings (SSSR count). The highest BCUT2D eigenvalue weighted by molar-refractivity contribution is 6.06. The Morgan fingerprint density at radius 1 is 1.30 bits per heavy atom. The van der Waals surface area contributed by atoms with Crippen LogP contribution in [0.3, 0.4) is 0 Å². The molecule has 1 heterocycles. The molecule has 1 aromatic carbocycles. The van der Waals surface area contributed by atoms with Gasteiger partial charge in [0.05, 0.1) is 11.1 Å². The number of nitrogens with one attached hydrogen (secondary N) is 2. The second-order valence-electron chi connectivity index (χ2n) is 5.26. The van der Waals surface area contributed by atoms with Crippen molar-refractivity contribution in [2.75, 3.05) is 18.9 Å². The fraction of sp³-hybridized carbons (Fsp3) is 0.375. The number of hydrogen-bond acceptors (Lipinski definition) is 3. The number of carbonyl (C=O) groups is 1. The number of benzene rings is 1. The molecule has 2 aromatic rings. The molecule has 0 spiro atoms. The highest BCUT2D eigenvalue weighted by Crippen LogP contribution is 2.20. The largest absolute Gasteiger partial charge is 0.373 e. The summed E-state index contributed by atoms with van der Waals surface area (Å²) in [4.78, 5) is 16.8. The zero-order valence-electron chi connectivity index (χ0n) is 12.2. The third kappa shape index (κ3) is 3.26. The van der Waals surface area contributed by atoms with Gasteiger partial charge in [-0.3, -0.25) is 4.79 Å². The zero-order valence-corrected chi connectivity index (χ0v) is 12.2. The molecule has 1 amide bonds. The van der Waals surface area contributed by atoms with Crippen molar-refractivity contribution in [1.29, 1.82) is 0 Å². The van der Waals surface area contributed by atoms with Gasteiger partial charge in [0.25, 0.3) is 5.91 Å². The van der Waals surface area contributed by atoms with Crippen molar-refractivity contribution in [1.82, 2.24) is 10.3 Å². The third-order valence-corrected chi connectivity index (χ3v) is 3.22. The van der Waals surface area contributed by atoms with E-state index in [-0.39, 0.29) is 5.91 Å². The van der Waals surface area contributed by atoms with Crippen LogP contribution in [0, 0.1) is 5.92 Å². The minimum absolute atomic E-state index is 0.0410. The second kappa shape index (κ2) is 6.37. The molecule has 20 heavy (non-hydrogen) atoms. The summed E-state index contributed by atoms with van der Waals surface area (Å²) in [5.41, 5.74) is 1.50. The number of fused-ring (bicyclic) bond motifs is 1. The molecule has 4 nitrogen and oxygen atoms in total. The van der Waals surface area contributed by atoms with Crippen LogP contribution < -0.4 is 10.6 Å². The molecule has 0 saturated heterocycles. The Labute approximate surface area is 119 Å². The molecule has 0 bridgehead atoms. The predicted octanol–water partition coefficient (Wildman–Crippen LogP) is 3.05. The molecule has 0 unspecified atom stereocenters. The summed E-state index contributed by atoms with van der Waals surface area (Å²) in [6.07, 6.45) is 0.980. The van der Waals surface area contributed by atoms with Crippen LogP contribution in [-0.4, -0.2) is 24.5 Å². The Hall–Kier alpha value is -2.10. The normalized spacial score (nSPS) is 10.8. The fourth-order valence-electron chi connectivity index (χ4n) is 2.06. The molecule has 0 fully saturated rings. The second-order valence-corrected chi connectivity index (χ2v) is 5.26. The van der Waals surface area contributed by atoms with Gasteiger partial charge in [-0.1, -0.05) is 32.0 Å². The number of amides is 1. The van der Waals surface area contributed by atoms with E-state index in [9.17, 15) is 4.79 Å². The van der Waals surface area contributed by atoms with Crippen LogP contribution in [0.4, 0.5) is 5.82 Å². The Morgan fingerprint density at radius 2 is 2.05 bits per heavy atom. The highest BCUT2D eigenvalue weighted by atomic mass is 16.1. The number of pyridine rings is 1. The monoisotopic (exact) mass is 271 g/mol. The molecule has 2 N–H and O–H groups in total. The lowest BCUT2D eigenvalue weighted by Gasteiger charge is -2.11. The van der Waals surface area contributed by atoms with Crippen LogP contribution in [0.5, 0.6) is 0 Å². The average molecular weight is 271 g/mol. The summed E-state index contributed by atoms with van der Waals surface area (Å²) in [7, 11) is 1.80. The molecule has 0 saturated carbocycles. The van der Waals surface area contributed by atoms with E-state index < -0.39 is 0 Å². The van der Waals surface area contributed by atoms with Crippen LogP contribution in [0.2, 0.25) is 0 Å². The summed E-state index contributed by atoms with van der Waals surface area (Å²) in [5, 5.41) is 6.86. The minimum atomic E-state index is -0.0410. The first-order valence-electron chi connectivity index (χ1n) is 6.97. The first kappa shape index (κ1) is 14.3. The van der Waals surface area contributed by atoms with E-state index in [1.54, 1.807) is 13.1 Å². The molecule has 0 aliphatic carbocycles. The lowest BCUT2D eigenvalue weighted by atomic mass is 10.1.